The Kier molecular flexibility index (Phi) is 8.07. The molecule has 0 radical (unpaired) electrons. The fourth-order valence-electron chi connectivity index (χ4n) is 10.7. The quantitative estimate of drug-likeness (QED) is 0.166. The van der Waals surface area contributed by atoms with Crippen LogP contribution in [-0.2, 0) is 0 Å². The van der Waals surface area contributed by atoms with Gasteiger partial charge in [0.15, 0.2) is 0 Å². The maximum atomic E-state index is 6.71. The van der Waals surface area contributed by atoms with Crippen LogP contribution in [0.15, 0.2) is 227 Å². The molecule has 68 heavy (non-hydrogen) atoms. The summed E-state index contributed by atoms with van der Waals surface area (Å²) in [5.41, 5.74) is 10.0. The zero-order valence-electron chi connectivity index (χ0n) is 36.3. The van der Waals surface area contributed by atoms with Gasteiger partial charge in [-0.2, -0.15) is 0 Å². The lowest BCUT2D eigenvalue weighted by molar-refractivity contribution is 0.656. The summed E-state index contributed by atoms with van der Waals surface area (Å²) in [4.78, 5) is 4.78. The predicted octanol–water partition coefficient (Wildman–Crippen LogP) is 19.5. The molecule has 15 rings (SSSR count). The molecule has 0 saturated carbocycles. The van der Waals surface area contributed by atoms with Gasteiger partial charge in [-0.15, -0.1) is 22.7 Å². The van der Waals surface area contributed by atoms with Gasteiger partial charge in [-0.3, -0.25) is 0 Å². The summed E-state index contributed by atoms with van der Waals surface area (Å²) in [6, 6.07) is 79.0. The molecule has 15 aromatic rings. The van der Waals surface area contributed by atoms with Crippen molar-refractivity contribution in [3.63, 3.8) is 0 Å². The van der Waals surface area contributed by atoms with Crippen LogP contribution in [0.4, 0.5) is 34.1 Å². The molecule has 0 atom stereocenters. The van der Waals surface area contributed by atoms with Crippen molar-refractivity contribution < 1.29 is 8.83 Å². The first-order valence-corrected chi connectivity index (χ1v) is 24.5. The summed E-state index contributed by atoms with van der Waals surface area (Å²) >= 11 is 3.69. The summed E-state index contributed by atoms with van der Waals surface area (Å²) in [5, 5.41) is 14.0. The van der Waals surface area contributed by atoms with E-state index in [-0.39, 0.29) is 0 Å². The zero-order valence-corrected chi connectivity index (χ0v) is 37.9. The summed E-state index contributed by atoms with van der Waals surface area (Å²) < 4.78 is 18.5. The molecule has 0 saturated heterocycles. The van der Waals surface area contributed by atoms with E-state index in [1.165, 1.54) is 40.3 Å². The molecular weight excluding hydrogens is 869 g/mol. The van der Waals surface area contributed by atoms with Gasteiger partial charge in [-0.25, -0.2) is 0 Å². The fourth-order valence-corrected chi connectivity index (χ4v) is 12.9. The zero-order chi connectivity index (χ0) is 44.5. The van der Waals surface area contributed by atoms with Crippen LogP contribution in [0.25, 0.3) is 106 Å². The van der Waals surface area contributed by atoms with E-state index in [0.717, 1.165) is 99.5 Å². The van der Waals surface area contributed by atoms with Crippen molar-refractivity contribution in [1.29, 1.82) is 0 Å². The highest BCUT2D eigenvalue weighted by molar-refractivity contribution is 7.26. The second-order valence-electron chi connectivity index (χ2n) is 17.6. The van der Waals surface area contributed by atoms with Crippen molar-refractivity contribution in [2.75, 3.05) is 9.80 Å². The largest absolute Gasteiger partial charge is 0.456 e. The van der Waals surface area contributed by atoms with E-state index in [1.54, 1.807) is 0 Å². The number of furan rings is 2. The number of nitrogens with zero attached hydrogens (tertiary/aromatic N) is 2. The van der Waals surface area contributed by atoms with Crippen LogP contribution >= 0.6 is 22.7 Å². The molecule has 4 nitrogen and oxygen atoms in total. The van der Waals surface area contributed by atoms with Crippen LogP contribution in [0.2, 0.25) is 0 Å². The third kappa shape index (κ3) is 5.72. The Morgan fingerprint density at radius 2 is 0.676 bits per heavy atom. The topological polar surface area (TPSA) is 32.8 Å². The minimum atomic E-state index is 0.810. The molecular formula is C62H36N2O2S2. The van der Waals surface area contributed by atoms with Gasteiger partial charge in [0.25, 0.3) is 0 Å². The second kappa shape index (κ2) is 14.5. The minimum absolute atomic E-state index is 0.810. The van der Waals surface area contributed by atoms with Crippen LogP contribution in [0.5, 0.6) is 0 Å². The molecule has 6 heteroatoms. The van der Waals surface area contributed by atoms with E-state index in [0.29, 0.717) is 0 Å². The Morgan fingerprint density at radius 1 is 0.265 bits per heavy atom. The number of hydrogen-bond acceptors (Lipinski definition) is 6. The molecule has 0 aliphatic rings. The normalized spacial score (nSPS) is 12.1. The molecule has 0 unspecified atom stereocenters. The highest BCUT2D eigenvalue weighted by Gasteiger charge is 2.22. The van der Waals surface area contributed by atoms with Crippen LogP contribution in [0, 0.1) is 0 Å². The Morgan fingerprint density at radius 3 is 1.16 bits per heavy atom. The summed E-state index contributed by atoms with van der Waals surface area (Å²) in [5.74, 6) is 0. The lowest BCUT2D eigenvalue weighted by Crippen LogP contribution is -2.10. The molecule has 0 aliphatic heterocycles. The Hall–Kier alpha value is -8.42. The Bertz CT molecular complexity index is 4240. The second-order valence-corrected chi connectivity index (χ2v) is 19.8. The van der Waals surface area contributed by atoms with Crippen molar-refractivity contribution in [2.45, 2.75) is 0 Å². The third-order valence-electron chi connectivity index (χ3n) is 13.7. The highest BCUT2D eigenvalue weighted by atomic mass is 32.1. The summed E-state index contributed by atoms with van der Waals surface area (Å²) in [6.07, 6.45) is 0. The number of thiophene rings is 2. The Balaban J connectivity index is 0.843. The van der Waals surface area contributed by atoms with Gasteiger partial charge in [0, 0.05) is 90.7 Å². The first-order chi connectivity index (χ1) is 33.7. The number of anilines is 6. The van der Waals surface area contributed by atoms with Gasteiger partial charge in [0.05, 0.1) is 11.4 Å². The van der Waals surface area contributed by atoms with Gasteiger partial charge in [-0.05, 0) is 137 Å². The van der Waals surface area contributed by atoms with Crippen LogP contribution in [0.1, 0.15) is 0 Å². The van der Waals surface area contributed by atoms with Crippen molar-refractivity contribution in [1.82, 2.24) is 0 Å². The van der Waals surface area contributed by atoms with E-state index in [9.17, 15) is 0 Å². The fraction of sp³-hybridized carbons (Fsp3) is 0. The average Bonchev–Trinajstić information content (AvgIpc) is 4.15. The van der Waals surface area contributed by atoms with Gasteiger partial charge in [-0.1, -0.05) is 97.1 Å². The number of hydrogen-bond donors (Lipinski definition) is 0. The number of fused-ring (bicyclic) bond motifs is 14. The first kappa shape index (κ1) is 37.8. The highest BCUT2D eigenvalue weighted by Crippen LogP contribution is 2.48. The molecule has 0 aliphatic carbocycles. The molecule has 0 fully saturated rings. The standard InChI is InChI=1S/C62H36N2O2S2/c1-3-13-41(14-4-1)63(51-19-11-23-59-61(51)45-17-7-9-21-57(45)67-59)43-27-25-37-31-47-49-35-50-48-32-38-26-28-44(30-40(38)34-54(48)66-56(50)36-55(49)65-53(47)33-39(37)29-43)64(42-15-5-2-6-16-42)52-20-12-24-60-62(52)46-18-8-10-22-58(46)68-60/h1-36H. The van der Waals surface area contributed by atoms with Crippen molar-refractivity contribution in [2.24, 2.45) is 0 Å². The van der Waals surface area contributed by atoms with E-state index >= 15 is 0 Å². The SMILES string of the molecule is c1ccc(N(c2ccc3cc4c(cc3c2)oc2cc3oc5cc6cc(N(c7ccccc7)c7cccc8sc9ccccc9c78)ccc6cc5c3cc24)c2cccc3sc4ccccc4c23)cc1. The van der Waals surface area contributed by atoms with E-state index in [4.69, 9.17) is 8.83 Å². The van der Waals surface area contributed by atoms with Gasteiger partial charge >= 0.3 is 0 Å². The van der Waals surface area contributed by atoms with Crippen LogP contribution < -0.4 is 9.80 Å². The molecule has 318 valence electrons. The van der Waals surface area contributed by atoms with Gasteiger partial charge in [0.2, 0.25) is 0 Å². The maximum Gasteiger partial charge on any atom is 0.139 e. The summed E-state index contributed by atoms with van der Waals surface area (Å²) in [6.45, 7) is 0. The van der Waals surface area contributed by atoms with E-state index in [2.05, 4.69) is 228 Å². The first-order valence-electron chi connectivity index (χ1n) is 22.9. The summed E-state index contributed by atoms with van der Waals surface area (Å²) in [7, 11) is 0. The molecule has 0 amide bonds. The van der Waals surface area contributed by atoms with Crippen LogP contribution in [0.3, 0.4) is 0 Å². The third-order valence-corrected chi connectivity index (χ3v) is 16.0. The molecule has 4 heterocycles. The van der Waals surface area contributed by atoms with Crippen LogP contribution in [-0.4, -0.2) is 0 Å². The molecule has 4 aromatic heterocycles. The average molecular weight is 905 g/mol. The minimum Gasteiger partial charge on any atom is -0.456 e. The van der Waals surface area contributed by atoms with Gasteiger partial charge in [0.1, 0.15) is 22.3 Å². The monoisotopic (exact) mass is 904 g/mol. The Labute approximate surface area is 397 Å². The molecule has 11 aromatic carbocycles. The lowest BCUT2D eigenvalue weighted by Gasteiger charge is -2.26. The number of benzene rings is 11. The van der Waals surface area contributed by atoms with Crippen molar-refractivity contribution in [3.8, 4) is 0 Å². The lowest BCUT2D eigenvalue weighted by atomic mass is 10.0. The van der Waals surface area contributed by atoms with Crippen molar-refractivity contribution >= 4 is 163 Å². The van der Waals surface area contributed by atoms with E-state index in [1.807, 2.05) is 22.7 Å². The van der Waals surface area contributed by atoms with Gasteiger partial charge < -0.3 is 18.6 Å². The smallest absolute Gasteiger partial charge is 0.139 e. The molecule has 0 spiro atoms. The maximum absolute atomic E-state index is 6.71. The predicted molar refractivity (Wildman–Crippen MR) is 291 cm³/mol. The van der Waals surface area contributed by atoms with E-state index < -0.39 is 0 Å². The molecule has 0 bridgehead atoms. The molecule has 0 N–H and O–H groups in total. The number of para-hydroxylation sites is 2. The number of rotatable bonds is 6. The van der Waals surface area contributed by atoms with Crippen molar-refractivity contribution in [3.05, 3.63) is 218 Å².